The Morgan fingerprint density at radius 3 is 2.73 bits per heavy atom. The third kappa shape index (κ3) is 2.68. The zero-order chi connectivity index (χ0) is 10.8. The zero-order valence-electron chi connectivity index (χ0n) is 9.49. The lowest BCUT2D eigenvalue weighted by atomic mass is 9.89. The van der Waals surface area contributed by atoms with E-state index in [4.69, 9.17) is 0 Å². The van der Waals surface area contributed by atoms with E-state index in [1.54, 1.807) is 6.92 Å². The summed E-state index contributed by atoms with van der Waals surface area (Å²) in [5.41, 5.74) is 2.65. The average Bonchev–Trinajstić information content (AvgIpc) is 2.97. The Morgan fingerprint density at radius 2 is 2.20 bits per heavy atom. The normalized spacial score (nSPS) is 17.5. The van der Waals surface area contributed by atoms with Gasteiger partial charge in [0.05, 0.1) is 0 Å². The van der Waals surface area contributed by atoms with Gasteiger partial charge < -0.3 is 4.79 Å². The molecule has 1 aromatic carbocycles. The standard InChI is InChI=1S/C14H18O/c1-10-4-3-5-13(8-10)14(9-11(2)15)12-6-7-12/h3-5,8,12,14H,6-7,9H2,1-2H3/t14-/m0/s1. The van der Waals surface area contributed by atoms with Crippen molar-refractivity contribution in [1.82, 2.24) is 0 Å². The molecule has 0 saturated heterocycles. The van der Waals surface area contributed by atoms with E-state index < -0.39 is 0 Å². The fourth-order valence-electron chi connectivity index (χ4n) is 2.27. The smallest absolute Gasteiger partial charge is 0.130 e. The predicted molar refractivity (Wildman–Crippen MR) is 61.9 cm³/mol. The van der Waals surface area contributed by atoms with Gasteiger partial charge in [-0.25, -0.2) is 0 Å². The molecule has 0 aliphatic heterocycles. The van der Waals surface area contributed by atoms with Gasteiger partial charge in [-0.3, -0.25) is 0 Å². The topological polar surface area (TPSA) is 17.1 Å². The Hall–Kier alpha value is -1.11. The summed E-state index contributed by atoms with van der Waals surface area (Å²) in [7, 11) is 0. The fraction of sp³-hybridized carbons (Fsp3) is 0.500. The van der Waals surface area contributed by atoms with E-state index >= 15 is 0 Å². The summed E-state index contributed by atoms with van der Waals surface area (Å²) in [4.78, 5) is 11.2. The number of aryl methyl sites for hydroxylation is 1. The molecule has 0 aromatic heterocycles. The maximum atomic E-state index is 11.2. The molecule has 1 fully saturated rings. The summed E-state index contributed by atoms with van der Waals surface area (Å²) in [5.74, 6) is 1.55. The van der Waals surface area contributed by atoms with Gasteiger partial charge in [0.15, 0.2) is 0 Å². The lowest BCUT2D eigenvalue weighted by Gasteiger charge is -2.15. The minimum atomic E-state index is 0.313. The van der Waals surface area contributed by atoms with Crippen LogP contribution in [0.2, 0.25) is 0 Å². The van der Waals surface area contributed by atoms with Crippen molar-refractivity contribution in [2.45, 2.75) is 39.0 Å². The van der Waals surface area contributed by atoms with Crippen molar-refractivity contribution >= 4 is 5.78 Å². The van der Waals surface area contributed by atoms with Crippen molar-refractivity contribution in [3.8, 4) is 0 Å². The van der Waals surface area contributed by atoms with Crippen LogP contribution in [0, 0.1) is 12.8 Å². The van der Waals surface area contributed by atoms with Crippen molar-refractivity contribution in [3.05, 3.63) is 35.4 Å². The molecule has 15 heavy (non-hydrogen) atoms. The summed E-state index contributed by atoms with van der Waals surface area (Å²) < 4.78 is 0. The summed E-state index contributed by atoms with van der Waals surface area (Å²) in [5, 5.41) is 0. The average molecular weight is 202 g/mol. The van der Waals surface area contributed by atoms with Crippen LogP contribution in [0.1, 0.15) is 43.2 Å². The van der Waals surface area contributed by atoms with Crippen LogP contribution in [-0.4, -0.2) is 5.78 Å². The van der Waals surface area contributed by atoms with Gasteiger partial charge in [0.2, 0.25) is 0 Å². The molecule has 0 radical (unpaired) electrons. The maximum absolute atomic E-state index is 11.2. The highest BCUT2D eigenvalue weighted by Gasteiger charge is 2.32. The van der Waals surface area contributed by atoms with Gasteiger partial charge in [-0.1, -0.05) is 29.8 Å². The highest BCUT2D eigenvalue weighted by atomic mass is 16.1. The molecular formula is C14H18O. The first kappa shape index (κ1) is 10.4. The number of carbonyl (C=O) groups is 1. The van der Waals surface area contributed by atoms with Crippen LogP contribution >= 0.6 is 0 Å². The Labute approximate surface area is 91.5 Å². The van der Waals surface area contributed by atoms with Gasteiger partial charge >= 0.3 is 0 Å². The SMILES string of the molecule is CC(=O)C[C@H](c1cccc(C)c1)C1CC1. The predicted octanol–water partition coefficient (Wildman–Crippen LogP) is 3.47. The Balaban J connectivity index is 2.19. The first-order valence-corrected chi connectivity index (χ1v) is 5.73. The molecule has 80 valence electrons. The van der Waals surface area contributed by atoms with E-state index in [0.717, 1.165) is 5.92 Å². The van der Waals surface area contributed by atoms with Crippen LogP contribution in [0.15, 0.2) is 24.3 Å². The van der Waals surface area contributed by atoms with Crippen LogP contribution in [0.4, 0.5) is 0 Å². The minimum Gasteiger partial charge on any atom is -0.300 e. The first-order valence-electron chi connectivity index (χ1n) is 5.73. The zero-order valence-corrected chi connectivity index (χ0v) is 9.49. The second-order valence-electron chi connectivity index (χ2n) is 4.76. The summed E-state index contributed by atoms with van der Waals surface area (Å²) >= 11 is 0. The molecule has 1 saturated carbocycles. The second kappa shape index (κ2) is 4.18. The van der Waals surface area contributed by atoms with Gasteiger partial charge in [0, 0.05) is 6.42 Å². The summed E-state index contributed by atoms with van der Waals surface area (Å²) in [6, 6.07) is 8.60. The highest BCUT2D eigenvalue weighted by Crippen LogP contribution is 2.44. The van der Waals surface area contributed by atoms with E-state index in [-0.39, 0.29) is 0 Å². The molecule has 0 heterocycles. The largest absolute Gasteiger partial charge is 0.300 e. The van der Waals surface area contributed by atoms with Crippen LogP contribution in [0.5, 0.6) is 0 Å². The summed E-state index contributed by atoms with van der Waals surface area (Å²) in [6.07, 6.45) is 3.31. The van der Waals surface area contributed by atoms with Crippen molar-refractivity contribution in [1.29, 1.82) is 0 Å². The summed E-state index contributed by atoms with van der Waals surface area (Å²) in [6.45, 7) is 3.81. The number of ketones is 1. The Kier molecular flexibility index (Phi) is 2.90. The number of hydrogen-bond donors (Lipinski definition) is 0. The van der Waals surface area contributed by atoms with Gasteiger partial charge in [-0.05, 0) is 44.1 Å². The Bertz CT molecular complexity index is 363. The third-order valence-electron chi connectivity index (χ3n) is 3.17. The Morgan fingerprint density at radius 1 is 1.47 bits per heavy atom. The molecule has 0 spiro atoms. The molecular weight excluding hydrogens is 184 g/mol. The van der Waals surface area contributed by atoms with Crippen molar-refractivity contribution in [3.63, 3.8) is 0 Å². The molecule has 0 N–H and O–H groups in total. The molecule has 1 aliphatic carbocycles. The van der Waals surface area contributed by atoms with Crippen LogP contribution < -0.4 is 0 Å². The number of Topliss-reactive ketones (excluding diaryl/α,β-unsaturated/α-hetero) is 1. The van der Waals surface area contributed by atoms with E-state index in [1.807, 2.05) is 0 Å². The van der Waals surface area contributed by atoms with Gasteiger partial charge in [-0.15, -0.1) is 0 Å². The second-order valence-corrected chi connectivity index (χ2v) is 4.76. The lowest BCUT2D eigenvalue weighted by Crippen LogP contribution is -2.06. The molecule has 1 aromatic rings. The van der Waals surface area contributed by atoms with E-state index in [2.05, 4.69) is 31.2 Å². The van der Waals surface area contributed by atoms with Crippen molar-refractivity contribution < 1.29 is 4.79 Å². The van der Waals surface area contributed by atoms with E-state index in [9.17, 15) is 4.79 Å². The van der Waals surface area contributed by atoms with Crippen molar-refractivity contribution in [2.24, 2.45) is 5.92 Å². The maximum Gasteiger partial charge on any atom is 0.130 e. The molecule has 1 heteroatoms. The minimum absolute atomic E-state index is 0.313. The van der Waals surface area contributed by atoms with Crippen LogP contribution in [0.25, 0.3) is 0 Å². The number of benzene rings is 1. The molecule has 0 amide bonds. The molecule has 1 atom stereocenters. The van der Waals surface area contributed by atoms with Crippen LogP contribution in [0.3, 0.4) is 0 Å². The van der Waals surface area contributed by atoms with E-state index in [0.29, 0.717) is 18.1 Å². The van der Waals surface area contributed by atoms with Crippen molar-refractivity contribution in [2.75, 3.05) is 0 Å². The van der Waals surface area contributed by atoms with Gasteiger partial charge in [-0.2, -0.15) is 0 Å². The fourth-order valence-corrected chi connectivity index (χ4v) is 2.27. The molecule has 0 bridgehead atoms. The van der Waals surface area contributed by atoms with Crippen LogP contribution in [-0.2, 0) is 4.79 Å². The van der Waals surface area contributed by atoms with Gasteiger partial charge in [0.25, 0.3) is 0 Å². The monoisotopic (exact) mass is 202 g/mol. The number of hydrogen-bond acceptors (Lipinski definition) is 1. The molecule has 1 nitrogen and oxygen atoms in total. The van der Waals surface area contributed by atoms with Gasteiger partial charge in [0.1, 0.15) is 5.78 Å². The highest BCUT2D eigenvalue weighted by molar-refractivity contribution is 5.76. The molecule has 1 aliphatic rings. The third-order valence-corrected chi connectivity index (χ3v) is 3.17. The number of carbonyl (C=O) groups excluding carboxylic acids is 1. The van der Waals surface area contributed by atoms with E-state index in [1.165, 1.54) is 24.0 Å². The first-order chi connectivity index (χ1) is 7.16. The molecule has 2 rings (SSSR count). The quantitative estimate of drug-likeness (QED) is 0.730. The molecule has 0 unspecified atom stereocenters. The number of rotatable bonds is 4. The lowest BCUT2D eigenvalue weighted by molar-refractivity contribution is -0.117.